The Morgan fingerprint density at radius 1 is 1.12 bits per heavy atom. The van der Waals surface area contributed by atoms with Crippen molar-refractivity contribution in [1.82, 2.24) is 20.1 Å². The third kappa shape index (κ3) is 2.85. The number of piperidine rings is 1. The van der Waals surface area contributed by atoms with E-state index in [-0.39, 0.29) is 5.91 Å². The zero-order valence-electron chi connectivity index (χ0n) is 13.4. The zero-order valence-corrected chi connectivity index (χ0v) is 13.4. The molecule has 0 spiro atoms. The molecule has 1 amide bonds. The predicted octanol–water partition coefficient (Wildman–Crippen LogP) is 3.42. The fourth-order valence-electron chi connectivity index (χ4n) is 3.39. The van der Waals surface area contributed by atoms with Crippen molar-refractivity contribution in [3.05, 3.63) is 66.1 Å². The molecule has 1 aliphatic rings. The van der Waals surface area contributed by atoms with Crippen LogP contribution < -0.4 is 0 Å². The molecule has 1 atom stereocenters. The highest BCUT2D eigenvalue weighted by molar-refractivity contribution is 5.93. The van der Waals surface area contributed by atoms with Gasteiger partial charge in [0.25, 0.3) is 5.91 Å². The van der Waals surface area contributed by atoms with Crippen molar-refractivity contribution in [2.24, 2.45) is 0 Å². The summed E-state index contributed by atoms with van der Waals surface area (Å²) in [5.41, 5.74) is 3.83. The number of carbonyl (C=O) groups excluding carboxylic acids is 1. The smallest absolute Gasteiger partial charge is 0.270 e. The maximum atomic E-state index is 12.8. The van der Waals surface area contributed by atoms with Gasteiger partial charge in [0.05, 0.1) is 0 Å². The van der Waals surface area contributed by atoms with Gasteiger partial charge in [0.1, 0.15) is 5.69 Å². The molecule has 2 aromatic heterocycles. The van der Waals surface area contributed by atoms with Crippen molar-refractivity contribution in [3.63, 3.8) is 0 Å². The highest BCUT2D eigenvalue weighted by Crippen LogP contribution is 2.26. The molecule has 24 heavy (non-hydrogen) atoms. The van der Waals surface area contributed by atoms with Gasteiger partial charge in [-0.05, 0) is 36.6 Å². The second-order valence-corrected chi connectivity index (χ2v) is 6.25. The molecule has 5 nitrogen and oxygen atoms in total. The fraction of sp³-hybridized carbons (Fsp3) is 0.263. The lowest BCUT2D eigenvalue weighted by molar-refractivity contribution is 0.0700. The molecule has 122 valence electrons. The van der Waals surface area contributed by atoms with Crippen LogP contribution in [0.2, 0.25) is 0 Å². The van der Waals surface area contributed by atoms with Gasteiger partial charge in [-0.25, -0.2) is 0 Å². The summed E-state index contributed by atoms with van der Waals surface area (Å²) in [6, 6.07) is 15.9. The first-order valence-electron chi connectivity index (χ1n) is 8.34. The van der Waals surface area contributed by atoms with E-state index in [9.17, 15) is 4.79 Å². The van der Waals surface area contributed by atoms with Crippen molar-refractivity contribution in [3.8, 4) is 11.3 Å². The summed E-state index contributed by atoms with van der Waals surface area (Å²) >= 11 is 0. The Hall–Kier alpha value is -2.82. The number of benzene rings is 1. The molecule has 0 unspecified atom stereocenters. The minimum absolute atomic E-state index is 0.0707. The molecule has 5 heteroatoms. The van der Waals surface area contributed by atoms with Gasteiger partial charge < -0.3 is 9.88 Å². The lowest BCUT2D eigenvalue weighted by Gasteiger charge is -2.32. The largest absolute Gasteiger partial charge is 0.351 e. The van der Waals surface area contributed by atoms with E-state index in [2.05, 4.69) is 15.2 Å². The Bertz CT molecular complexity index is 807. The summed E-state index contributed by atoms with van der Waals surface area (Å²) in [6.07, 6.45) is 3.88. The van der Waals surface area contributed by atoms with Crippen molar-refractivity contribution < 1.29 is 4.79 Å². The van der Waals surface area contributed by atoms with Gasteiger partial charge in [0.15, 0.2) is 0 Å². The molecule has 1 aliphatic heterocycles. The molecule has 0 saturated carbocycles. The molecular weight excluding hydrogens is 300 g/mol. The molecule has 1 aromatic carbocycles. The van der Waals surface area contributed by atoms with Crippen LogP contribution in [0.3, 0.4) is 0 Å². The highest BCUT2D eigenvalue weighted by atomic mass is 16.2. The van der Waals surface area contributed by atoms with Gasteiger partial charge in [-0.1, -0.05) is 30.3 Å². The van der Waals surface area contributed by atoms with Crippen LogP contribution in [0.4, 0.5) is 0 Å². The molecule has 0 aliphatic carbocycles. The fourth-order valence-corrected chi connectivity index (χ4v) is 3.39. The first kappa shape index (κ1) is 14.8. The van der Waals surface area contributed by atoms with Gasteiger partial charge in [0, 0.05) is 36.6 Å². The first-order valence-corrected chi connectivity index (χ1v) is 8.34. The van der Waals surface area contributed by atoms with Crippen LogP contribution in [-0.2, 0) is 0 Å². The van der Waals surface area contributed by atoms with Crippen molar-refractivity contribution in [1.29, 1.82) is 0 Å². The predicted molar refractivity (Wildman–Crippen MR) is 92.7 cm³/mol. The molecule has 2 N–H and O–H groups in total. The summed E-state index contributed by atoms with van der Waals surface area (Å²) in [6.45, 7) is 1.55. The Kier molecular flexibility index (Phi) is 3.91. The summed E-state index contributed by atoms with van der Waals surface area (Å²) in [5, 5.41) is 7.06. The second-order valence-electron chi connectivity index (χ2n) is 6.25. The number of aromatic nitrogens is 3. The van der Waals surface area contributed by atoms with E-state index >= 15 is 0 Å². The van der Waals surface area contributed by atoms with Crippen LogP contribution >= 0.6 is 0 Å². The summed E-state index contributed by atoms with van der Waals surface area (Å²) in [4.78, 5) is 18.0. The molecule has 1 fully saturated rings. The number of nitrogens with one attached hydrogen (secondary N) is 2. The number of rotatable bonds is 3. The second kappa shape index (κ2) is 6.35. The average molecular weight is 320 g/mol. The van der Waals surface area contributed by atoms with Crippen molar-refractivity contribution >= 4 is 5.91 Å². The van der Waals surface area contributed by atoms with E-state index in [0.717, 1.165) is 42.9 Å². The third-order valence-electron chi connectivity index (χ3n) is 4.67. The molecule has 4 rings (SSSR count). The van der Waals surface area contributed by atoms with E-state index in [4.69, 9.17) is 0 Å². The van der Waals surface area contributed by atoms with Gasteiger partial charge in [0.2, 0.25) is 0 Å². The maximum Gasteiger partial charge on any atom is 0.270 e. The molecule has 1 saturated heterocycles. The van der Waals surface area contributed by atoms with Gasteiger partial charge in [-0.2, -0.15) is 5.10 Å². The number of likely N-dealkylation sites (tertiary alicyclic amines) is 1. The lowest BCUT2D eigenvalue weighted by atomic mass is 9.95. The van der Waals surface area contributed by atoms with Gasteiger partial charge >= 0.3 is 0 Å². The van der Waals surface area contributed by atoms with Crippen LogP contribution in [0.15, 0.2) is 54.7 Å². The van der Waals surface area contributed by atoms with Crippen molar-refractivity contribution in [2.45, 2.75) is 18.8 Å². The minimum Gasteiger partial charge on any atom is -0.351 e. The minimum atomic E-state index is 0.0707. The molecule has 3 heterocycles. The van der Waals surface area contributed by atoms with E-state index < -0.39 is 0 Å². The summed E-state index contributed by atoms with van der Waals surface area (Å²) in [7, 11) is 0. The van der Waals surface area contributed by atoms with E-state index in [1.807, 2.05) is 53.4 Å². The topological polar surface area (TPSA) is 64.8 Å². The van der Waals surface area contributed by atoms with Crippen LogP contribution in [-0.4, -0.2) is 39.1 Å². The van der Waals surface area contributed by atoms with Gasteiger partial charge in [-0.3, -0.25) is 9.89 Å². The average Bonchev–Trinajstić information content (AvgIpc) is 3.34. The number of amides is 1. The Balaban J connectivity index is 1.50. The van der Waals surface area contributed by atoms with E-state index in [0.29, 0.717) is 11.6 Å². The number of hydrogen-bond acceptors (Lipinski definition) is 2. The monoisotopic (exact) mass is 320 g/mol. The lowest BCUT2D eigenvalue weighted by Crippen LogP contribution is -2.39. The van der Waals surface area contributed by atoms with Crippen LogP contribution in [0, 0.1) is 0 Å². The number of carbonyl (C=O) groups is 1. The zero-order chi connectivity index (χ0) is 16.4. The molecule has 3 aromatic rings. The van der Waals surface area contributed by atoms with Crippen LogP contribution in [0.5, 0.6) is 0 Å². The third-order valence-corrected chi connectivity index (χ3v) is 4.67. The van der Waals surface area contributed by atoms with Crippen LogP contribution in [0.1, 0.15) is 34.9 Å². The quantitative estimate of drug-likeness (QED) is 0.776. The Morgan fingerprint density at radius 3 is 2.79 bits per heavy atom. The first-order chi connectivity index (χ1) is 11.8. The Morgan fingerprint density at radius 2 is 2.00 bits per heavy atom. The molecule has 0 bridgehead atoms. The standard InChI is InChI=1S/C19H20N4O/c24-19(18-9-8-16(21-18)14-5-2-1-3-6-14)23-12-4-7-15(13-23)17-10-11-20-22-17/h1-3,5-6,8-11,15,21H,4,7,12-13H2,(H,20,22)/t15-/m0/s1. The number of H-pyrrole nitrogens is 2. The number of hydrogen-bond donors (Lipinski definition) is 2. The molecular formula is C19H20N4O. The van der Waals surface area contributed by atoms with Gasteiger partial charge in [-0.15, -0.1) is 0 Å². The Labute approximate surface area is 140 Å². The number of nitrogens with zero attached hydrogens (tertiary/aromatic N) is 2. The van der Waals surface area contributed by atoms with Crippen molar-refractivity contribution in [2.75, 3.05) is 13.1 Å². The normalized spacial score (nSPS) is 17.8. The van der Waals surface area contributed by atoms with Crippen LogP contribution in [0.25, 0.3) is 11.3 Å². The summed E-state index contributed by atoms with van der Waals surface area (Å²) < 4.78 is 0. The van der Waals surface area contributed by atoms with E-state index in [1.54, 1.807) is 6.20 Å². The SMILES string of the molecule is O=C(c1ccc(-c2ccccc2)[nH]1)N1CCC[C@H](c2ccn[nH]2)C1. The molecule has 0 radical (unpaired) electrons. The highest BCUT2D eigenvalue weighted by Gasteiger charge is 2.26. The summed E-state index contributed by atoms with van der Waals surface area (Å²) in [5.74, 6) is 0.412. The maximum absolute atomic E-state index is 12.8. The van der Waals surface area contributed by atoms with E-state index in [1.165, 1.54) is 0 Å². The number of aromatic amines is 2.